The zero-order chi connectivity index (χ0) is 13.8. The van der Waals surface area contributed by atoms with Gasteiger partial charge in [0.2, 0.25) is 0 Å². The first-order valence-corrected chi connectivity index (χ1v) is 6.16. The molecule has 0 fully saturated rings. The number of oxazole rings is 1. The highest BCUT2D eigenvalue weighted by molar-refractivity contribution is 5.60. The maximum Gasteiger partial charge on any atom is 0.181 e. The average Bonchev–Trinajstić information content (AvgIpc) is 2.77. The number of nitrogens with one attached hydrogen (secondary N) is 1. The Morgan fingerprint density at radius 1 is 1.32 bits per heavy atom. The third kappa shape index (κ3) is 3.38. The Labute approximate surface area is 110 Å². The van der Waals surface area contributed by atoms with E-state index < -0.39 is 11.6 Å². The molecule has 5 heteroatoms. The van der Waals surface area contributed by atoms with Crippen LogP contribution in [-0.4, -0.2) is 11.5 Å². The second-order valence-electron chi connectivity index (χ2n) is 4.78. The molecule has 3 nitrogen and oxygen atoms in total. The summed E-state index contributed by atoms with van der Waals surface area (Å²) in [4.78, 5) is 4.06. The molecule has 1 aromatic heterocycles. The predicted octanol–water partition coefficient (Wildman–Crippen LogP) is 3.37. The highest BCUT2D eigenvalue weighted by Gasteiger charge is 2.15. The summed E-state index contributed by atoms with van der Waals surface area (Å²) in [5.74, 6) is -0.409. The summed E-state index contributed by atoms with van der Waals surface area (Å²) < 4.78 is 31.8. The lowest BCUT2D eigenvalue weighted by atomic mass is 10.1. The second-order valence-corrected chi connectivity index (χ2v) is 4.78. The normalized spacial score (nSPS) is 11.2. The molecule has 0 aliphatic heterocycles. The van der Waals surface area contributed by atoms with E-state index in [2.05, 4.69) is 24.1 Å². The van der Waals surface area contributed by atoms with E-state index in [1.54, 1.807) is 0 Å². The van der Waals surface area contributed by atoms with Crippen LogP contribution in [0.4, 0.5) is 8.78 Å². The molecule has 102 valence electrons. The largest absolute Gasteiger partial charge is 0.443 e. The molecule has 0 bridgehead atoms. The van der Waals surface area contributed by atoms with Gasteiger partial charge in [-0.25, -0.2) is 13.8 Å². The Morgan fingerprint density at radius 3 is 2.79 bits per heavy atom. The average molecular weight is 266 g/mol. The molecule has 0 amide bonds. The van der Waals surface area contributed by atoms with Crippen LogP contribution in [0, 0.1) is 17.6 Å². The van der Waals surface area contributed by atoms with E-state index in [1.807, 2.05) is 0 Å². The monoisotopic (exact) mass is 266 g/mol. The van der Waals surface area contributed by atoms with Gasteiger partial charge >= 0.3 is 0 Å². The molecule has 0 saturated heterocycles. The molecule has 1 heterocycles. The van der Waals surface area contributed by atoms with Crippen molar-refractivity contribution in [3.8, 4) is 11.3 Å². The van der Waals surface area contributed by atoms with Gasteiger partial charge < -0.3 is 9.73 Å². The van der Waals surface area contributed by atoms with E-state index >= 15 is 0 Å². The predicted molar refractivity (Wildman–Crippen MR) is 68.4 cm³/mol. The number of hydrogen-bond acceptors (Lipinski definition) is 3. The summed E-state index contributed by atoms with van der Waals surface area (Å²) in [7, 11) is 0. The molecule has 2 aromatic rings. The van der Waals surface area contributed by atoms with Crippen molar-refractivity contribution >= 4 is 0 Å². The molecule has 0 atom stereocenters. The first-order chi connectivity index (χ1) is 9.08. The van der Waals surface area contributed by atoms with Gasteiger partial charge in [-0.1, -0.05) is 13.8 Å². The molecule has 1 N–H and O–H groups in total. The van der Waals surface area contributed by atoms with Crippen molar-refractivity contribution < 1.29 is 13.2 Å². The Kier molecular flexibility index (Phi) is 4.27. The van der Waals surface area contributed by atoms with E-state index in [4.69, 9.17) is 4.42 Å². The van der Waals surface area contributed by atoms with Crippen molar-refractivity contribution in [2.75, 3.05) is 6.54 Å². The van der Waals surface area contributed by atoms with Crippen molar-refractivity contribution in [2.45, 2.75) is 20.4 Å². The molecule has 0 aliphatic rings. The van der Waals surface area contributed by atoms with Gasteiger partial charge in [-0.3, -0.25) is 0 Å². The highest BCUT2D eigenvalue weighted by atomic mass is 19.1. The number of halogens is 2. The first-order valence-electron chi connectivity index (χ1n) is 6.16. The van der Waals surface area contributed by atoms with Gasteiger partial charge in [-0.2, -0.15) is 0 Å². The number of hydrogen-bond donors (Lipinski definition) is 1. The van der Waals surface area contributed by atoms with Crippen LogP contribution in [0.3, 0.4) is 0 Å². The lowest BCUT2D eigenvalue weighted by Crippen LogP contribution is -2.19. The minimum atomic E-state index is -0.651. The van der Waals surface area contributed by atoms with Crippen LogP contribution in [0.2, 0.25) is 0 Å². The maximum absolute atomic E-state index is 13.7. The molecule has 0 spiro atoms. The second kappa shape index (κ2) is 5.93. The fraction of sp³-hybridized carbons (Fsp3) is 0.357. The lowest BCUT2D eigenvalue weighted by Gasteiger charge is -2.07. The van der Waals surface area contributed by atoms with Crippen LogP contribution in [-0.2, 0) is 6.54 Å². The van der Waals surface area contributed by atoms with E-state index in [1.165, 1.54) is 18.5 Å². The van der Waals surface area contributed by atoms with E-state index in [9.17, 15) is 8.78 Å². The third-order valence-electron chi connectivity index (χ3n) is 2.66. The fourth-order valence-electron chi connectivity index (χ4n) is 1.77. The zero-order valence-electron chi connectivity index (χ0n) is 10.9. The van der Waals surface area contributed by atoms with Gasteiger partial charge in [0.1, 0.15) is 17.3 Å². The minimum Gasteiger partial charge on any atom is -0.443 e. The molecule has 0 unspecified atom stereocenters. The molecule has 2 rings (SSSR count). The summed E-state index contributed by atoms with van der Waals surface area (Å²) >= 11 is 0. The topological polar surface area (TPSA) is 38.1 Å². The van der Waals surface area contributed by atoms with Crippen molar-refractivity contribution in [3.63, 3.8) is 0 Å². The smallest absolute Gasteiger partial charge is 0.181 e. The van der Waals surface area contributed by atoms with Gasteiger partial charge in [-0.15, -0.1) is 0 Å². The summed E-state index contributed by atoms with van der Waals surface area (Å²) in [6.07, 6.45) is 1.27. The number of nitrogens with zero attached hydrogens (tertiary/aromatic N) is 1. The first kappa shape index (κ1) is 13.7. The standard InChI is InChI=1S/C14H16F2N2O/c1-9(2)6-17-7-13-14(19-8-18-13)11-4-3-10(15)5-12(11)16/h3-5,8-9,17H,6-7H2,1-2H3. The van der Waals surface area contributed by atoms with E-state index in [0.717, 1.165) is 12.6 Å². The van der Waals surface area contributed by atoms with E-state index in [-0.39, 0.29) is 5.56 Å². The SMILES string of the molecule is CC(C)CNCc1ncoc1-c1ccc(F)cc1F. The fourth-order valence-corrected chi connectivity index (χ4v) is 1.77. The van der Waals surface area contributed by atoms with E-state index in [0.29, 0.717) is 23.9 Å². The zero-order valence-corrected chi connectivity index (χ0v) is 10.9. The third-order valence-corrected chi connectivity index (χ3v) is 2.66. The van der Waals surface area contributed by atoms with Gasteiger partial charge in [-0.05, 0) is 24.6 Å². The molecule has 0 radical (unpaired) electrons. The van der Waals surface area contributed by atoms with Crippen molar-refractivity contribution in [2.24, 2.45) is 5.92 Å². The van der Waals surface area contributed by atoms with Gasteiger partial charge in [0.25, 0.3) is 0 Å². The number of aromatic nitrogens is 1. The highest BCUT2D eigenvalue weighted by Crippen LogP contribution is 2.26. The maximum atomic E-state index is 13.7. The van der Waals surface area contributed by atoms with Crippen molar-refractivity contribution in [3.05, 3.63) is 41.9 Å². The van der Waals surface area contributed by atoms with Crippen molar-refractivity contribution in [1.29, 1.82) is 0 Å². The number of rotatable bonds is 5. The Hall–Kier alpha value is -1.75. The Bertz CT molecular complexity index is 552. The molecule has 0 aliphatic carbocycles. The molecular weight excluding hydrogens is 250 g/mol. The van der Waals surface area contributed by atoms with Crippen LogP contribution in [0.25, 0.3) is 11.3 Å². The number of benzene rings is 1. The summed E-state index contributed by atoms with van der Waals surface area (Å²) in [5, 5.41) is 3.21. The Morgan fingerprint density at radius 2 is 2.11 bits per heavy atom. The van der Waals surface area contributed by atoms with Gasteiger partial charge in [0, 0.05) is 12.6 Å². The van der Waals surface area contributed by atoms with Gasteiger partial charge in [0.15, 0.2) is 12.2 Å². The van der Waals surface area contributed by atoms with Crippen LogP contribution in [0.5, 0.6) is 0 Å². The van der Waals surface area contributed by atoms with Crippen LogP contribution in [0.1, 0.15) is 19.5 Å². The van der Waals surface area contributed by atoms with Crippen LogP contribution < -0.4 is 5.32 Å². The Balaban J connectivity index is 2.19. The quantitative estimate of drug-likeness (QED) is 0.901. The summed E-state index contributed by atoms with van der Waals surface area (Å²) in [6.45, 7) is 5.51. The van der Waals surface area contributed by atoms with Crippen LogP contribution >= 0.6 is 0 Å². The molecular formula is C14H16F2N2O. The van der Waals surface area contributed by atoms with Crippen molar-refractivity contribution in [1.82, 2.24) is 10.3 Å². The summed E-state index contributed by atoms with van der Waals surface area (Å²) in [5.41, 5.74) is 0.839. The molecule has 19 heavy (non-hydrogen) atoms. The van der Waals surface area contributed by atoms with Crippen LogP contribution in [0.15, 0.2) is 29.0 Å². The molecule has 0 saturated carbocycles. The summed E-state index contributed by atoms with van der Waals surface area (Å²) in [6, 6.07) is 3.40. The molecule has 1 aromatic carbocycles. The van der Waals surface area contributed by atoms with Gasteiger partial charge in [0.05, 0.1) is 5.56 Å². The minimum absolute atomic E-state index is 0.222. The lowest BCUT2D eigenvalue weighted by molar-refractivity contribution is 0.540.